The average Bonchev–Trinajstić information content (AvgIpc) is 3.00. The van der Waals surface area contributed by atoms with Crippen LogP contribution in [0.1, 0.15) is 92.4 Å². The maximum atomic E-state index is 10.9. The predicted molar refractivity (Wildman–Crippen MR) is 174 cm³/mol. The summed E-state index contributed by atoms with van der Waals surface area (Å²) in [5.74, 6) is -0.940. The summed E-state index contributed by atoms with van der Waals surface area (Å²) < 4.78 is 34.9. The molecule has 0 fully saturated rings. The number of halogens is 1. The van der Waals surface area contributed by atoms with Gasteiger partial charge in [-0.3, -0.25) is 14.4 Å². The van der Waals surface area contributed by atoms with Crippen LogP contribution in [0.25, 0.3) is 0 Å². The van der Waals surface area contributed by atoms with E-state index in [-0.39, 0.29) is 25.0 Å². The third kappa shape index (κ3) is 59.9. The summed E-state index contributed by atoms with van der Waals surface area (Å²) in [7, 11) is 0. The first kappa shape index (κ1) is 49.5. The molecule has 44 heavy (non-hydrogen) atoms. The van der Waals surface area contributed by atoms with E-state index in [1.54, 1.807) is 0 Å². The van der Waals surface area contributed by atoms with Gasteiger partial charge in [0.05, 0.1) is 52.9 Å². The molecule has 0 saturated heterocycles. The van der Waals surface area contributed by atoms with E-state index in [4.69, 9.17) is 43.4 Å². The SMILES string of the molecule is CCOC(=O)CCCCBr.CCOCCO.CCOCCOCCCCC(=O)O.CCOCCOCCCCC(=O)OCC. The van der Waals surface area contributed by atoms with Gasteiger partial charge in [-0.25, -0.2) is 0 Å². The molecule has 0 aromatic carbocycles. The van der Waals surface area contributed by atoms with Crippen molar-refractivity contribution < 1.29 is 57.8 Å². The van der Waals surface area contributed by atoms with Crippen LogP contribution in [-0.4, -0.2) is 119 Å². The molecule has 13 heteroatoms. The number of esters is 2. The number of carbonyl (C=O) groups excluding carboxylic acids is 2. The summed E-state index contributed by atoms with van der Waals surface area (Å²) in [5, 5.41) is 17.4. The zero-order valence-corrected chi connectivity index (χ0v) is 29.7. The van der Waals surface area contributed by atoms with E-state index in [0.717, 1.165) is 44.0 Å². The lowest BCUT2D eigenvalue weighted by Crippen LogP contribution is -2.06. The van der Waals surface area contributed by atoms with Crippen LogP contribution in [0.3, 0.4) is 0 Å². The van der Waals surface area contributed by atoms with Crippen LogP contribution >= 0.6 is 15.9 Å². The second kappa shape index (κ2) is 48.6. The van der Waals surface area contributed by atoms with Crippen molar-refractivity contribution in [3.8, 4) is 0 Å². The van der Waals surface area contributed by atoms with Gasteiger partial charge >= 0.3 is 17.9 Å². The Morgan fingerprint density at radius 1 is 0.500 bits per heavy atom. The molecule has 0 atom stereocenters. The molecule has 0 amide bonds. The Morgan fingerprint density at radius 2 is 0.886 bits per heavy atom. The fourth-order valence-electron chi connectivity index (χ4n) is 2.72. The molecule has 0 aromatic rings. The Labute approximate surface area is 274 Å². The second-order valence-corrected chi connectivity index (χ2v) is 9.40. The molecule has 12 nitrogen and oxygen atoms in total. The fourth-order valence-corrected chi connectivity index (χ4v) is 3.12. The number of hydrogen-bond acceptors (Lipinski definition) is 11. The van der Waals surface area contributed by atoms with Gasteiger partial charge in [0.25, 0.3) is 0 Å². The van der Waals surface area contributed by atoms with Crippen LogP contribution in [0.4, 0.5) is 0 Å². The maximum Gasteiger partial charge on any atom is 0.305 e. The minimum absolute atomic E-state index is 0.0801. The van der Waals surface area contributed by atoms with Gasteiger partial charge in [-0.1, -0.05) is 15.9 Å². The Hall–Kier alpha value is -1.35. The largest absolute Gasteiger partial charge is 0.481 e. The molecule has 0 saturated carbocycles. The zero-order chi connectivity index (χ0) is 33.9. The van der Waals surface area contributed by atoms with Gasteiger partial charge in [-0.05, 0) is 73.1 Å². The van der Waals surface area contributed by atoms with Crippen molar-refractivity contribution in [1.82, 2.24) is 0 Å². The van der Waals surface area contributed by atoms with Gasteiger partial charge in [0.15, 0.2) is 0 Å². The van der Waals surface area contributed by atoms with Crippen molar-refractivity contribution in [2.75, 3.05) is 91.2 Å². The van der Waals surface area contributed by atoms with E-state index in [1.807, 2.05) is 34.6 Å². The minimum atomic E-state index is -0.741. The highest BCUT2D eigenvalue weighted by molar-refractivity contribution is 9.09. The van der Waals surface area contributed by atoms with Crippen LogP contribution in [-0.2, 0) is 47.5 Å². The normalized spacial score (nSPS) is 9.89. The van der Waals surface area contributed by atoms with Crippen molar-refractivity contribution in [3.05, 3.63) is 0 Å². The topological polar surface area (TPSA) is 156 Å². The summed E-state index contributed by atoms with van der Waals surface area (Å²) in [6.45, 7) is 16.9. The van der Waals surface area contributed by atoms with Gasteiger partial charge in [0.1, 0.15) is 0 Å². The molecule has 0 aliphatic heterocycles. The zero-order valence-electron chi connectivity index (χ0n) is 28.1. The maximum absolute atomic E-state index is 10.9. The molecule has 0 rings (SSSR count). The van der Waals surface area contributed by atoms with E-state index in [2.05, 4.69) is 15.9 Å². The number of alkyl halides is 1. The number of aliphatic hydroxyl groups is 1. The third-order valence-electron chi connectivity index (χ3n) is 4.82. The average molecular weight is 708 g/mol. The van der Waals surface area contributed by atoms with Gasteiger partial charge in [-0.15, -0.1) is 0 Å². The first-order valence-corrected chi connectivity index (χ1v) is 17.0. The monoisotopic (exact) mass is 706 g/mol. The van der Waals surface area contributed by atoms with E-state index in [1.165, 1.54) is 0 Å². The highest BCUT2D eigenvalue weighted by atomic mass is 79.9. The Bertz CT molecular complexity index is 564. The van der Waals surface area contributed by atoms with E-state index in [0.29, 0.717) is 91.9 Å². The van der Waals surface area contributed by atoms with Crippen molar-refractivity contribution in [1.29, 1.82) is 0 Å². The summed E-state index contributed by atoms with van der Waals surface area (Å²) in [6.07, 6.45) is 6.45. The van der Waals surface area contributed by atoms with Gasteiger partial charge < -0.3 is 43.4 Å². The lowest BCUT2D eigenvalue weighted by molar-refractivity contribution is -0.144. The fraction of sp³-hybridized carbons (Fsp3) is 0.903. The molecule has 0 bridgehead atoms. The number of carboxylic acid groups (broad SMARTS) is 1. The van der Waals surface area contributed by atoms with Gasteiger partial charge in [0, 0.05) is 57.6 Å². The summed E-state index contributed by atoms with van der Waals surface area (Å²) in [6, 6.07) is 0. The molecular formula is C31H63BrO12. The van der Waals surface area contributed by atoms with Crippen molar-refractivity contribution in [2.24, 2.45) is 0 Å². The number of carbonyl (C=O) groups is 3. The molecule has 0 aromatic heterocycles. The highest BCUT2D eigenvalue weighted by Gasteiger charge is 2.01. The first-order chi connectivity index (χ1) is 21.3. The molecule has 0 aliphatic rings. The van der Waals surface area contributed by atoms with E-state index < -0.39 is 5.97 Å². The number of ether oxygens (including phenoxy) is 7. The minimum Gasteiger partial charge on any atom is -0.481 e. The van der Waals surface area contributed by atoms with Crippen LogP contribution in [0.2, 0.25) is 0 Å². The third-order valence-corrected chi connectivity index (χ3v) is 5.38. The summed E-state index contributed by atoms with van der Waals surface area (Å²) in [4.78, 5) is 31.7. The lowest BCUT2D eigenvalue weighted by atomic mass is 10.2. The summed E-state index contributed by atoms with van der Waals surface area (Å²) in [5.41, 5.74) is 0. The first-order valence-electron chi connectivity index (χ1n) is 15.9. The summed E-state index contributed by atoms with van der Waals surface area (Å²) >= 11 is 3.29. The highest BCUT2D eigenvalue weighted by Crippen LogP contribution is 2.00. The second-order valence-electron chi connectivity index (χ2n) is 8.60. The number of rotatable bonds is 27. The standard InChI is InChI=1S/C11H22O4.C9H18O4.C7H13BrO2.C4H10O2/c1-3-13-9-10-14-8-6-5-7-11(12)15-4-2;1-2-12-7-8-13-6-4-3-5-9(10)11;1-2-10-7(9)5-3-4-6-8;1-2-6-4-3-5/h3-10H2,1-2H3;2-8H2,1H3,(H,10,11);2-6H2,1H3;5H,2-4H2,1H3. The predicted octanol–water partition coefficient (Wildman–Crippen LogP) is 5.20. The number of aliphatic carboxylic acids is 1. The van der Waals surface area contributed by atoms with E-state index >= 15 is 0 Å². The molecule has 0 unspecified atom stereocenters. The van der Waals surface area contributed by atoms with Crippen LogP contribution in [0.15, 0.2) is 0 Å². The molecular weight excluding hydrogens is 644 g/mol. The van der Waals surface area contributed by atoms with Gasteiger partial charge in [0.2, 0.25) is 0 Å². The lowest BCUT2D eigenvalue weighted by Gasteiger charge is -2.04. The molecule has 0 spiro atoms. The van der Waals surface area contributed by atoms with Crippen LogP contribution in [0.5, 0.6) is 0 Å². The van der Waals surface area contributed by atoms with Crippen LogP contribution < -0.4 is 0 Å². The Balaban J connectivity index is -0.000000253. The number of unbranched alkanes of at least 4 members (excludes halogenated alkanes) is 3. The smallest absolute Gasteiger partial charge is 0.305 e. The molecule has 0 heterocycles. The quantitative estimate of drug-likeness (QED) is 0.0655. The number of hydrogen-bond donors (Lipinski definition) is 2. The Morgan fingerprint density at radius 3 is 1.23 bits per heavy atom. The molecule has 0 aliphatic carbocycles. The van der Waals surface area contributed by atoms with E-state index in [9.17, 15) is 14.4 Å². The molecule has 2 N–H and O–H groups in total. The van der Waals surface area contributed by atoms with Gasteiger partial charge in [-0.2, -0.15) is 0 Å². The van der Waals surface area contributed by atoms with Crippen molar-refractivity contribution >= 4 is 33.8 Å². The van der Waals surface area contributed by atoms with Crippen molar-refractivity contribution in [3.63, 3.8) is 0 Å². The molecule has 0 radical (unpaired) electrons. The number of carboxylic acids is 1. The number of aliphatic hydroxyl groups excluding tert-OH is 1. The Kier molecular flexibility index (Phi) is 54.7. The molecule has 266 valence electrons. The van der Waals surface area contributed by atoms with Crippen LogP contribution in [0, 0.1) is 0 Å². The van der Waals surface area contributed by atoms with Crippen molar-refractivity contribution in [2.45, 2.75) is 92.4 Å².